The van der Waals surface area contributed by atoms with Crippen LogP contribution in [0.15, 0.2) is 24.4 Å². The Kier molecular flexibility index (Phi) is 2.53. The van der Waals surface area contributed by atoms with Crippen LogP contribution in [0.4, 0.5) is 0 Å². The molecule has 1 aliphatic heterocycles. The van der Waals surface area contributed by atoms with E-state index in [0.29, 0.717) is 18.0 Å². The maximum absolute atomic E-state index is 6.40. The number of rotatable bonds is 2. The van der Waals surface area contributed by atoms with Gasteiger partial charge in [0.25, 0.3) is 0 Å². The number of nitrogens with one attached hydrogen (secondary N) is 1. The molecule has 0 bridgehead atoms. The molecule has 1 aromatic carbocycles. The second-order valence-electron chi connectivity index (χ2n) is 7.35. The number of piperidine rings is 1. The van der Waals surface area contributed by atoms with E-state index in [4.69, 9.17) is 5.73 Å². The maximum Gasteiger partial charge on any atom is 0.0459 e. The number of fused-ring (bicyclic) bond motifs is 2. The van der Waals surface area contributed by atoms with Gasteiger partial charge in [-0.2, -0.15) is 0 Å². The lowest BCUT2D eigenvalue weighted by molar-refractivity contribution is 0.105. The van der Waals surface area contributed by atoms with E-state index in [1.54, 1.807) is 0 Å². The third-order valence-electron chi connectivity index (χ3n) is 5.80. The van der Waals surface area contributed by atoms with Crippen molar-refractivity contribution in [3.05, 3.63) is 35.5 Å². The third-order valence-corrected chi connectivity index (χ3v) is 5.80. The summed E-state index contributed by atoms with van der Waals surface area (Å²) >= 11 is 0. The Morgan fingerprint density at radius 3 is 3.05 bits per heavy atom. The van der Waals surface area contributed by atoms with Crippen LogP contribution in [0.3, 0.4) is 0 Å². The quantitative estimate of drug-likeness (QED) is 0.889. The highest BCUT2D eigenvalue weighted by Crippen LogP contribution is 2.44. The number of nitrogens with two attached hydrogens (primary N) is 1. The zero-order valence-corrected chi connectivity index (χ0v) is 12.4. The molecule has 3 aliphatic rings. The van der Waals surface area contributed by atoms with Gasteiger partial charge in [0.05, 0.1) is 0 Å². The number of nitrogens with zero attached hydrogens (tertiary/aromatic N) is 1. The van der Waals surface area contributed by atoms with Gasteiger partial charge in [-0.15, -0.1) is 0 Å². The molecule has 0 amide bonds. The molecule has 0 spiro atoms. The highest BCUT2D eigenvalue weighted by molar-refractivity contribution is 5.88. The normalized spacial score (nSPS) is 32.3. The molecule has 1 aromatic heterocycles. The van der Waals surface area contributed by atoms with Crippen molar-refractivity contribution in [2.24, 2.45) is 11.7 Å². The van der Waals surface area contributed by atoms with E-state index < -0.39 is 0 Å². The lowest BCUT2D eigenvalue weighted by Gasteiger charge is -2.46. The molecule has 3 heteroatoms. The average Bonchev–Trinajstić information content (AvgIpc) is 3.20. The predicted molar refractivity (Wildman–Crippen MR) is 85.4 cm³/mol. The number of aromatic amines is 1. The van der Waals surface area contributed by atoms with Crippen LogP contribution in [0.1, 0.15) is 36.3 Å². The molecule has 0 radical (unpaired) electrons. The molecule has 2 aromatic rings. The fourth-order valence-electron chi connectivity index (χ4n) is 4.68. The predicted octanol–water partition coefficient (Wildman–Crippen LogP) is 2.62. The highest BCUT2D eigenvalue weighted by atomic mass is 15.2. The minimum Gasteiger partial charge on any atom is -0.361 e. The van der Waals surface area contributed by atoms with Gasteiger partial charge in [-0.25, -0.2) is 0 Å². The number of H-pyrrole nitrogens is 1. The summed E-state index contributed by atoms with van der Waals surface area (Å²) in [6, 6.07) is 7.74. The topological polar surface area (TPSA) is 45.1 Å². The summed E-state index contributed by atoms with van der Waals surface area (Å²) in [5.74, 6) is 1.57. The van der Waals surface area contributed by atoms with Gasteiger partial charge >= 0.3 is 0 Å². The summed E-state index contributed by atoms with van der Waals surface area (Å²) < 4.78 is 0. The SMILES string of the molecule is N[C@H]1C[C@@H]2c3cccc4[nH]cc(c34)C[C@H]2N(CC2CC2)C1. The molecule has 1 saturated heterocycles. The van der Waals surface area contributed by atoms with Crippen LogP contribution in [0.2, 0.25) is 0 Å². The molecule has 0 unspecified atom stereocenters. The first-order valence-corrected chi connectivity index (χ1v) is 8.38. The number of hydrogen-bond donors (Lipinski definition) is 2. The number of aromatic nitrogens is 1. The van der Waals surface area contributed by atoms with Gasteiger partial charge in [-0.05, 0) is 48.8 Å². The van der Waals surface area contributed by atoms with E-state index in [1.165, 1.54) is 47.8 Å². The van der Waals surface area contributed by atoms with Gasteiger partial charge in [-0.3, -0.25) is 4.90 Å². The van der Waals surface area contributed by atoms with E-state index in [0.717, 1.165) is 18.9 Å². The highest BCUT2D eigenvalue weighted by Gasteiger charge is 2.41. The van der Waals surface area contributed by atoms with Crippen molar-refractivity contribution >= 4 is 10.9 Å². The minimum atomic E-state index is 0.334. The Hall–Kier alpha value is -1.32. The van der Waals surface area contributed by atoms with Crippen LogP contribution in [-0.2, 0) is 6.42 Å². The van der Waals surface area contributed by atoms with Crippen molar-refractivity contribution in [1.29, 1.82) is 0 Å². The molecule has 5 rings (SSSR count). The molecule has 2 aliphatic carbocycles. The van der Waals surface area contributed by atoms with E-state index in [2.05, 4.69) is 34.3 Å². The van der Waals surface area contributed by atoms with Gasteiger partial charge in [0.1, 0.15) is 0 Å². The van der Waals surface area contributed by atoms with Crippen molar-refractivity contribution < 1.29 is 0 Å². The van der Waals surface area contributed by atoms with Crippen molar-refractivity contribution in [3.8, 4) is 0 Å². The largest absolute Gasteiger partial charge is 0.361 e. The molecule has 3 N–H and O–H groups in total. The summed E-state index contributed by atoms with van der Waals surface area (Å²) in [6.07, 6.45) is 7.42. The van der Waals surface area contributed by atoms with Gasteiger partial charge in [-0.1, -0.05) is 12.1 Å². The molecule has 110 valence electrons. The summed E-state index contributed by atoms with van der Waals surface area (Å²) in [7, 11) is 0. The van der Waals surface area contributed by atoms with Gasteiger partial charge in [0.2, 0.25) is 0 Å². The Morgan fingerprint density at radius 1 is 1.29 bits per heavy atom. The van der Waals surface area contributed by atoms with Gasteiger partial charge in [0, 0.05) is 48.2 Å². The van der Waals surface area contributed by atoms with Crippen LogP contribution in [0.5, 0.6) is 0 Å². The zero-order chi connectivity index (χ0) is 14.0. The molecular weight excluding hydrogens is 258 g/mol. The van der Waals surface area contributed by atoms with Crippen molar-refractivity contribution in [2.75, 3.05) is 13.1 Å². The summed E-state index contributed by atoms with van der Waals surface area (Å²) in [5.41, 5.74) is 10.8. The first-order chi connectivity index (χ1) is 10.3. The number of hydrogen-bond acceptors (Lipinski definition) is 2. The molecule has 3 atom stereocenters. The second-order valence-corrected chi connectivity index (χ2v) is 7.35. The number of likely N-dealkylation sites (tertiary alicyclic amines) is 1. The Bertz CT molecular complexity index is 683. The summed E-state index contributed by atoms with van der Waals surface area (Å²) in [4.78, 5) is 6.17. The minimum absolute atomic E-state index is 0.334. The Labute approximate surface area is 125 Å². The van der Waals surface area contributed by atoms with Crippen molar-refractivity contribution in [3.63, 3.8) is 0 Å². The average molecular weight is 281 g/mol. The molecule has 21 heavy (non-hydrogen) atoms. The van der Waals surface area contributed by atoms with Crippen LogP contribution in [-0.4, -0.2) is 35.1 Å². The Morgan fingerprint density at radius 2 is 2.19 bits per heavy atom. The van der Waals surface area contributed by atoms with Gasteiger partial charge in [0.15, 0.2) is 0 Å². The van der Waals surface area contributed by atoms with Crippen LogP contribution >= 0.6 is 0 Å². The van der Waals surface area contributed by atoms with E-state index in [-0.39, 0.29) is 0 Å². The van der Waals surface area contributed by atoms with Gasteiger partial charge < -0.3 is 10.7 Å². The van der Waals surface area contributed by atoms with E-state index in [9.17, 15) is 0 Å². The first-order valence-electron chi connectivity index (χ1n) is 8.38. The number of benzene rings is 1. The standard InChI is InChI=1S/C18H23N3/c19-13-7-15-14-2-1-3-16-18(14)12(8-20-16)6-17(15)21(10-13)9-11-4-5-11/h1-3,8,11,13,15,17,20H,4-7,9-10,19H2/t13-,15+,17+/m0/s1. The molecule has 3 nitrogen and oxygen atoms in total. The fraction of sp³-hybridized carbons (Fsp3) is 0.556. The van der Waals surface area contributed by atoms with Crippen molar-refractivity contribution in [1.82, 2.24) is 9.88 Å². The van der Waals surface area contributed by atoms with Crippen LogP contribution in [0.25, 0.3) is 10.9 Å². The van der Waals surface area contributed by atoms with Crippen LogP contribution < -0.4 is 5.73 Å². The second kappa shape index (κ2) is 4.34. The van der Waals surface area contributed by atoms with Crippen molar-refractivity contribution in [2.45, 2.75) is 43.7 Å². The lowest BCUT2D eigenvalue weighted by Crippen LogP contribution is -2.54. The van der Waals surface area contributed by atoms with Crippen LogP contribution in [0, 0.1) is 5.92 Å². The maximum atomic E-state index is 6.40. The summed E-state index contributed by atoms with van der Waals surface area (Å²) in [6.45, 7) is 2.36. The monoisotopic (exact) mass is 281 g/mol. The third kappa shape index (κ3) is 1.87. The van der Waals surface area contributed by atoms with E-state index >= 15 is 0 Å². The van der Waals surface area contributed by atoms with E-state index in [1.807, 2.05) is 0 Å². The first kappa shape index (κ1) is 12.2. The molecule has 2 heterocycles. The fourth-order valence-corrected chi connectivity index (χ4v) is 4.68. The molecule has 1 saturated carbocycles. The smallest absolute Gasteiger partial charge is 0.0459 e. The molecule has 2 fully saturated rings. The zero-order valence-electron chi connectivity index (χ0n) is 12.4. The summed E-state index contributed by atoms with van der Waals surface area (Å²) in [5, 5.41) is 1.49. The Balaban J connectivity index is 1.59. The molecular formula is C18H23N3. The lowest BCUT2D eigenvalue weighted by atomic mass is 9.74.